The highest BCUT2D eigenvalue weighted by Gasteiger charge is 2.24. The normalized spacial score (nSPS) is 16.9. The van der Waals surface area contributed by atoms with E-state index in [9.17, 15) is 8.42 Å². The van der Waals surface area contributed by atoms with Crippen molar-refractivity contribution in [3.63, 3.8) is 0 Å². The number of aryl methyl sites for hydroxylation is 1. The summed E-state index contributed by atoms with van der Waals surface area (Å²) in [6.07, 6.45) is 2.31. The zero-order chi connectivity index (χ0) is 11.1. The number of sulfonamides is 1. The van der Waals surface area contributed by atoms with Crippen LogP contribution in [0.15, 0.2) is 5.03 Å². The van der Waals surface area contributed by atoms with Crippen molar-refractivity contribution < 1.29 is 8.42 Å². The molecule has 0 saturated heterocycles. The molecule has 1 aromatic heterocycles. The molecular weight excluding hydrogens is 216 g/mol. The number of nitrogens with two attached hydrogens (primary N) is 1. The first-order valence-corrected chi connectivity index (χ1v) is 6.33. The van der Waals surface area contributed by atoms with Gasteiger partial charge in [-0.3, -0.25) is 5.10 Å². The van der Waals surface area contributed by atoms with E-state index in [0.29, 0.717) is 18.2 Å². The van der Waals surface area contributed by atoms with E-state index < -0.39 is 10.0 Å². The van der Waals surface area contributed by atoms with Crippen LogP contribution < -0.4 is 10.5 Å². The minimum atomic E-state index is -3.72. The van der Waals surface area contributed by atoms with Gasteiger partial charge in [0.2, 0.25) is 0 Å². The molecule has 1 heterocycles. The zero-order valence-electron chi connectivity index (χ0n) is 8.45. The monoisotopic (exact) mass is 230 g/mol. The number of hydrogen-bond acceptors (Lipinski definition) is 4. The average Bonchev–Trinajstić information content (AvgIpc) is 2.86. The molecule has 0 aliphatic heterocycles. The number of primary sulfonamides is 1. The second-order valence-electron chi connectivity index (χ2n) is 3.83. The van der Waals surface area contributed by atoms with Gasteiger partial charge in [0.15, 0.2) is 5.03 Å². The second-order valence-corrected chi connectivity index (χ2v) is 5.31. The van der Waals surface area contributed by atoms with Gasteiger partial charge in [0.1, 0.15) is 0 Å². The predicted octanol–water partition coefficient (Wildman–Crippen LogP) is -0.382. The van der Waals surface area contributed by atoms with E-state index in [2.05, 4.69) is 15.5 Å². The van der Waals surface area contributed by atoms with Crippen molar-refractivity contribution in [3.05, 3.63) is 11.3 Å². The Balaban J connectivity index is 2.22. The fraction of sp³-hybridized carbons (Fsp3) is 0.625. The van der Waals surface area contributed by atoms with Gasteiger partial charge in [0, 0.05) is 23.8 Å². The summed E-state index contributed by atoms with van der Waals surface area (Å²) in [5, 5.41) is 14.6. The lowest BCUT2D eigenvalue weighted by Gasteiger charge is -2.03. The maximum absolute atomic E-state index is 11.2. The number of H-pyrrole nitrogens is 1. The number of aromatic amines is 1. The Hall–Kier alpha value is -0.920. The van der Waals surface area contributed by atoms with Crippen LogP contribution in [0.1, 0.15) is 24.1 Å². The van der Waals surface area contributed by atoms with Crippen LogP contribution in [0, 0.1) is 6.92 Å². The van der Waals surface area contributed by atoms with Crippen LogP contribution in [0.2, 0.25) is 0 Å². The molecule has 0 atom stereocenters. The van der Waals surface area contributed by atoms with Crippen LogP contribution in [-0.4, -0.2) is 24.7 Å². The van der Waals surface area contributed by atoms with E-state index in [1.807, 2.05) is 0 Å². The fourth-order valence-corrected chi connectivity index (χ4v) is 2.15. The van der Waals surface area contributed by atoms with Gasteiger partial charge in [0.25, 0.3) is 10.0 Å². The van der Waals surface area contributed by atoms with E-state index in [1.165, 1.54) is 0 Å². The van der Waals surface area contributed by atoms with Gasteiger partial charge in [-0.05, 0) is 19.8 Å². The van der Waals surface area contributed by atoms with Crippen molar-refractivity contribution in [1.82, 2.24) is 15.5 Å². The Bertz CT molecular complexity index is 461. The summed E-state index contributed by atoms with van der Waals surface area (Å²) in [6.45, 7) is 2.28. The second kappa shape index (κ2) is 3.58. The van der Waals surface area contributed by atoms with Crippen LogP contribution in [0.25, 0.3) is 0 Å². The number of rotatable bonds is 4. The van der Waals surface area contributed by atoms with Gasteiger partial charge in [-0.25, -0.2) is 13.6 Å². The summed E-state index contributed by atoms with van der Waals surface area (Å²) < 4.78 is 22.4. The van der Waals surface area contributed by atoms with Crippen LogP contribution >= 0.6 is 0 Å². The summed E-state index contributed by atoms with van der Waals surface area (Å²) in [7, 11) is -3.72. The van der Waals surface area contributed by atoms with Gasteiger partial charge < -0.3 is 5.32 Å². The molecule has 0 spiro atoms. The third-order valence-electron chi connectivity index (χ3n) is 2.45. The summed E-state index contributed by atoms with van der Waals surface area (Å²) in [5.74, 6) is 0. The van der Waals surface area contributed by atoms with E-state index in [0.717, 1.165) is 18.5 Å². The third-order valence-corrected chi connectivity index (χ3v) is 3.33. The largest absolute Gasteiger partial charge is 0.310 e. The molecule has 84 valence electrons. The Labute approximate surface area is 88.3 Å². The first-order chi connectivity index (χ1) is 6.98. The van der Waals surface area contributed by atoms with Gasteiger partial charge in [0.05, 0.1) is 0 Å². The average molecular weight is 230 g/mol. The highest BCUT2D eigenvalue weighted by atomic mass is 32.2. The lowest BCUT2D eigenvalue weighted by molar-refractivity contribution is 0.589. The molecule has 1 fully saturated rings. The molecule has 0 aromatic carbocycles. The van der Waals surface area contributed by atoms with Crippen molar-refractivity contribution in [2.24, 2.45) is 5.14 Å². The molecule has 0 unspecified atom stereocenters. The number of nitrogens with one attached hydrogen (secondary N) is 2. The van der Waals surface area contributed by atoms with Gasteiger partial charge in [-0.1, -0.05) is 0 Å². The molecule has 0 amide bonds. The molecule has 0 bridgehead atoms. The summed E-state index contributed by atoms with van der Waals surface area (Å²) in [6, 6.07) is 0.521. The molecule has 0 radical (unpaired) electrons. The molecular formula is C8H14N4O2S. The molecule has 1 aromatic rings. The minimum Gasteiger partial charge on any atom is -0.310 e. The smallest absolute Gasteiger partial charge is 0.257 e. The van der Waals surface area contributed by atoms with Gasteiger partial charge >= 0.3 is 0 Å². The predicted molar refractivity (Wildman–Crippen MR) is 54.6 cm³/mol. The van der Waals surface area contributed by atoms with E-state index in [4.69, 9.17) is 5.14 Å². The highest BCUT2D eigenvalue weighted by Crippen LogP contribution is 2.21. The van der Waals surface area contributed by atoms with E-state index >= 15 is 0 Å². The lowest BCUT2D eigenvalue weighted by atomic mass is 10.2. The third kappa shape index (κ3) is 2.36. The van der Waals surface area contributed by atoms with Crippen molar-refractivity contribution >= 4 is 10.0 Å². The molecule has 1 aliphatic carbocycles. The topological polar surface area (TPSA) is 101 Å². The standard InChI is InChI=1S/C8H14N4O2S/c1-5-7(4-10-6-2-3-6)8(12-11-5)15(9,13)14/h6,10H,2-4H2,1H3,(H,11,12)(H2,9,13,14). The van der Waals surface area contributed by atoms with Crippen LogP contribution in [0.3, 0.4) is 0 Å². The van der Waals surface area contributed by atoms with Crippen LogP contribution in [-0.2, 0) is 16.6 Å². The van der Waals surface area contributed by atoms with E-state index in [1.54, 1.807) is 6.92 Å². The Kier molecular flexibility index (Phi) is 2.53. The van der Waals surface area contributed by atoms with Crippen molar-refractivity contribution in [2.45, 2.75) is 37.4 Å². The Morgan fingerprint density at radius 1 is 1.60 bits per heavy atom. The number of aromatic nitrogens is 2. The Morgan fingerprint density at radius 3 is 2.80 bits per heavy atom. The molecule has 15 heavy (non-hydrogen) atoms. The SMILES string of the molecule is Cc1[nH]nc(S(N)(=O)=O)c1CNC1CC1. The molecule has 7 heteroatoms. The highest BCUT2D eigenvalue weighted by molar-refractivity contribution is 7.89. The first kappa shape index (κ1) is 10.6. The van der Waals surface area contributed by atoms with Crippen LogP contribution in [0.5, 0.6) is 0 Å². The summed E-state index contributed by atoms with van der Waals surface area (Å²) in [4.78, 5) is 0. The molecule has 1 saturated carbocycles. The minimum absolute atomic E-state index is 0.0480. The molecule has 2 rings (SSSR count). The lowest BCUT2D eigenvalue weighted by Crippen LogP contribution is -2.20. The molecule has 6 nitrogen and oxygen atoms in total. The maximum Gasteiger partial charge on any atom is 0.257 e. The Morgan fingerprint density at radius 2 is 2.27 bits per heavy atom. The van der Waals surface area contributed by atoms with E-state index in [-0.39, 0.29) is 5.03 Å². The van der Waals surface area contributed by atoms with Crippen LogP contribution in [0.4, 0.5) is 0 Å². The van der Waals surface area contributed by atoms with Gasteiger partial charge in [-0.15, -0.1) is 0 Å². The first-order valence-electron chi connectivity index (χ1n) is 4.78. The number of hydrogen-bond donors (Lipinski definition) is 3. The maximum atomic E-state index is 11.2. The summed E-state index contributed by atoms with van der Waals surface area (Å²) >= 11 is 0. The van der Waals surface area contributed by atoms with Crippen molar-refractivity contribution in [3.8, 4) is 0 Å². The summed E-state index contributed by atoms with van der Waals surface area (Å²) in [5.41, 5.74) is 1.39. The zero-order valence-corrected chi connectivity index (χ0v) is 9.26. The molecule has 4 N–H and O–H groups in total. The van der Waals surface area contributed by atoms with Gasteiger partial charge in [-0.2, -0.15) is 5.10 Å². The quantitative estimate of drug-likeness (QED) is 0.656. The van der Waals surface area contributed by atoms with Crippen molar-refractivity contribution in [2.75, 3.05) is 0 Å². The number of nitrogens with zero attached hydrogens (tertiary/aromatic N) is 1. The van der Waals surface area contributed by atoms with Crippen molar-refractivity contribution in [1.29, 1.82) is 0 Å². The molecule has 1 aliphatic rings. The fourth-order valence-electron chi connectivity index (χ4n) is 1.41.